The summed E-state index contributed by atoms with van der Waals surface area (Å²) in [5.74, 6) is -2.45. The second-order valence-corrected chi connectivity index (χ2v) is 8.39. The predicted molar refractivity (Wildman–Crippen MR) is 111 cm³/mol. The van der Waals surface area contributed by atoms with Gasteiger partial charge in [-0.15, -0.1) is 23.1 Å². The van der Waals surface area contributed by atoms with Crippen LogP contribution >= 0.6 is 23.1 Å². The van der Waals surface area contributed by atoms with Crippen LogP contribution in [0.25, 0.3) is 0 Å². The average molecular weight is 450 g/mol. The Labute approximate surface area is 179 Å². The number of thiophene rings is 1. The number of esters is 3. The van der Waals surface area contributed by atoms with Crippen LogP contribution in [-0.4, -0.2) is 43.3 Å². The first-order chi connectivity index (χ1) is 14.3. The van der Waals surface area contributed by atoms with Gasteiger partial charge in [0.05, 0.1) is 31.6 Å². The fourth-order valence-corrected chi connectivity index (χ4v) is 4.87. The van der Waals surface area contributed by atoms with Crippen molar-refractivity contribution in [2.24, 2.45) is 0 Å². The van der Waals surface area contributed by atoms with Crippen molar-refractivity contribution in [2.45, 2.75) is 23.2 Å². The van der Waals surface area contributed by atoms with Crippen LogP contribution in [-0.2, 0) is 30.4 Å². The summed E-state index contributed by atoms with van der Waals surface area (Å²) in [6, 6.07) is 7.26. The number of hydrogen-bond acceptors (Lipinski definition) is 10. The zero-order valence-electron chi connectivity index (χ0n) is 16.1. The lowest BCUT2D eigenvalue weighted by Gasteiger charge is -2.23. The Morgan fingerprint density at radius 2 is 1.83 bits per heavy atom. The lowest BCUT2D eigenvalue weighted by molar-refractivity contribution is -0.145. The Bertz CT molecular complexity index is 1020. The van der Waals surface area contributed by atoms with E-state index in [9.17, 15) is 19.2 Å². The SMILES string of the molecule is COC(=O)c1sc(N)c(C(=O)OC)c1COC(=O)C[C@@H]1Sc2ccccc2NC1=O. The first kappa shape index (κ1) is 21.7. The van der Waals surface area contributed by atoms with E-state index in [-0.39, 0.29) is 33.3 Å². The Kier molecular flexibility index (Phi) is 6.63. The van der Waals surface area contributed by atoms with Crippen LogP contribution in [0, 0.1) is 0 Å². The van der Waals surface area contributed by atoms with Crippen molar-refractivity contribution in [3.63, 3.8) is 0 Å². The van der Waals surface area contributed by atoms with Gasteiger partial charge >= 0.3 is 17.9 Å². The van der Waals surface area contributed by atoms with Crippen molar-refractivity contribution in [3.8, 4) is 0 Å². The molecule has 0 radical (unpaired) electrons. The minimum absolute atomic E-state index is 0.0434. The van der Waals surface area contributed by atoms with E-state index in [4.69, 9.17) is 19.9 Å². The zero-order valence-corrected chi connectivity index (χ0v) is 17.7. The molecule has 1 aromatic heterocycles. The summed E-state index contributed by atoms with van der Waals surface area (Å²) in [4.78, 5) is 49.6. The molecule has 1 aromatic carbocycles. The predicted octanol–water partition coefficient (Wildman–Crippen LogP) is 2.45. The van der Waals surface area contributed by atoms with Gasteiger partial charge in [0.1, 0.15) is 22.0 Å². The van der Waals surface area contributed by atoms with E-state index in [0.717, 1.165) is 16.2 Å². The van der Waals surface area contributed by atoms with Crippen LogP contribution in [0.5, 0.6) is 0 Å². The third kappa shape index (κ3) is 4.41. The van der Waals surface area contributed by atoms with Gasteiger partial charge in [0, 0.05) is 10.5 Å². The molecule has 3 rings (SSSR count). The lowest BCUT2D eigenvalue weighted by Crippen LogP contribution is -2.31. The van der Waals surface area contributed by atoms with E-state index < -0.39 is 29.8 Å². The molecule has 11 heteroatoms. The van der Waals surface area contributed by atoms with E-state index in [1.807, 2.05) is 12.1 Å². The topological polar surface area (TPSA) is 134 Å². The summed E-state index contributed by atoms with van der Waals surface area (Å²) in [6.07, 6.45) is -0.189. The summed E-state index contributed by atoms with van der Waals surface area (Å²) in [7, 11) is 2.35. The molecule has 1 aliphatic rings. The minimum Gasteiger partial charge on any atom is -0.465 e. The monoisotopic (exact) mass is 450 g/mol. The summed E-state index contributed by atoms with van der Waals surface area (Å²) >= 11 is 2.10. The van der Waals surface area contributed by atoms with Crippen molar-refractivity contribution in [2.75, 3.05) is 25.3 Å². The highest BCUT2D eigenvalue weighted by atomic mass is 32.2. The highest BCUT2D eigenvalue weighted by Crippen LogP contribution is 2.37. The van der Waals surface area contributed by atoms with Crippen LogP contribution in [0.3, 0.4) is 0 Å². The maximum atomic E-state index is 12.4. The summed E-state index contributed by atoms with van der Waals surface area (Å²) in [5, 5.41) is 2.13. The molecule has 0 aliphatic carbocycles. The smallest absolute Gasteiger partial charge is 0.348 e. The van der Waals surface area contributed by atoms with Gasteiger partial charge in [0.15, 0.2) is 0 Å². The number of amides is 1. The van der Waals surface area contributed by atoms with Crippen molar-refractivity contribution >= 4 is 57.6 Å². The van der Waals surface area contributed by atoms with Crippen LogP contribution < -0.4 is 11.1 Å². The molecule has 0 saturated heterocycles. The fraction of sp³-hybridized carbons (Fsp3) is 0.263. The number of fused-ring (bicyclic) bond motifs is 1. The van der Waals surface area contributed by atoms with Gasteiger partial charge in [-0.2, -0.15) is 0 Å². The third-order valence-corrected chi connectivity index (χ3v) is 6.55. The largest absolute Gasteiger partial charge is 0.465 e. The molecule has 0 unspecified atom stereocenters. The van der Waals surface area contributed by atoms with Crippen LogP contribution in [0.4, 0.5) is 10.7 Å². The molecular weight excluding hydrogens is 432 g/mol. The summed E-state index contributed by atoms with van der Waals surface area (Å²) < 4.78 is 14.7. The van der Waals surface area contributed by atoms with Crippen molar-refractivity contribution in [3.05, 3.63) is 40.3 Å². The number of ether oxygens (including phenoxy) is 3. The maximum Gasteiger partial charge on any atom is 0.348 e. The number of benzene rings is 1. The highest BCUT2D eigenvalue weighted by Gasteiger charge is 2.31. The Hall–Kier alpha value is -3.05. The first-order valence-electron chi connectivity index (χ1n) is 8.65. The molecule has 158 valence electrons. The molecule has 0 bridgehead atoms. The second kappa shape index (κ2) is 9.18. The number of nitrogens with one attached hydrogen (secondary N) is 1. The van der Waals surface area contributed by atoms with Gasteiger partial charge < -0.3 is 25.3 Å². The second-order valence-electron chi connectivity index (χ2n) is 6.09. The molecular formula is C19H18N2O7S2. The van der Waals surface area contributed by atoms with Crippen LogP contribution in [0.1, 0.15) is 32.0 Å². The number of carbonyl (C=O) groups excluding carboxylic acids is 4. The minimum atomic E-state index is -0.760. The van der Waals surface area contributed by atoms with Crippen molar-refractivity contribution < 1.29 is 33.4 Å². The van der Waals surface area contributed by atoms with Gasteiger partial charge in [-0.25, -0.2) is 9.59 Å². The quantitative estimate of drug-likeness (QED) is 0.503. The van der Waals surface area contributed by atoms with E-state index in [1.165, 1.54) is 26.0 Å². The standard InChI is InChI=1S/C19H18N2O7S2/c1-26-18(24)14-9(15(19(25)27-2)30-16(14)20)8-28-13(22)7-12-17(23)21-10-5-3-4-6-11(10)29-12/h3-6,12H,7-8,20H2,1-2H3,(H,21,23)/t12-/m0/s1. The van der Waals surface area contributed by atoms with Crippen LogP contribution in [0.2, 0.25) is 0 Å². The number of rotatable bonds is 6. The molecule has 30 heavy (non-hydrogen) atoms. The van der Waals surface area contributed by atoms with Gasteiger partial charge in [-0.1, -0.05) is 12.1 Å². The number of anilines is 2. The number of hydrogen-bond donors (Lipinski definition) is 2. The molecule has 2 aromatic rings. The number of para-hydroxylation sites is 1. The Balaban J connectivity index is 1.72. The lowest BCUT2D eigenvalue weighted by atomic mass is 10.1. The van der Waals surface area contributed by atoms with Gasteiger partial charge in [-0.3, -0.25) is 9.59 Å². The molecule has 0 fully saturated rings. The Morgan fingerprint density at radius 1 is 1.13 bits per heavy atom. The molecule has 1 atom stereocenters. The number of thioether (sulfide) groups is 1. The highest BCUT2D eigenvalue weighted by molar-refractivity contribution is 8.01. The first-order valence-corrected chi connectivity index (χ1v) is 10.3. The van der Waals surface area contributed by atoms with E-state index >= 15 is 0 Å². The van der Waals surface area contributed by atoms with Gasteiger partial charge in [0.25, 0.3) is 0 Å². The molecule has 0 saturated carbocycles. The van der Waals surface area contributed by atoms with E-state index in [2.05, 4.69) is 5.32 Å². The van der Waals surface area contributed by atoms with Crippen molar-refractivity contribution in [1.29, 1.82) is 0 Å². The number of nitrogen functional groups attached to an aromatic ring is 1. The molecule has 1 amide bonds. The average Bonchev–Trinajstić information content (AvgIpc) is 3.07. The summed E-state index contributed by atoms with van der Waals surface area (Å²) in [5.41, 5.74) is 6.59. The molecule has 2 heterocycles. The molecule has 3 N–H and O–H groups in total. The van der Waals surface area contributed by atoms with E-state index in [0.29, 0.717) is 5.69 Å². The van der Waals surface area contributed by atoms with Crippen LogP contribution in [0.15, 0.2) is 29.2 Å². The van der Waals surface area contributed by atoms with E-state index in [1.54, 1.807) is 12.1 Å². The Morgan fingerprint density at radius 3 is 2.53 bits per heavy atom. The molecule has 1 aliphatic heterocycles. The number of carbonyl (C=O) groups is 4. The number of methoxy groups -OCH3 is 2. The fourth-order valence-electron chi connectivity index (χ4n) is 2.80. The molecule has 9 nitrogen and oxygen atoms in total. The van der Waals surface area contributed by atoms with Gasteiger partial charge in [-0.05, 0) is 12.1 Å². The third-order valence-electron chi connectivity index (χ3n) is 4.23. The normalized spacial score (nSPS) is 15.0. The summed E-state index contributed by atoms with van der Waals surface area (Å²) in [6.45, 7) is -0.392. The number of nitrogens with two attached hydrogens (primary N) is 1. The van der Waals surface area contributed by atoms with Gasteiger partial charge in [0.2, 0.25) is 5.91 Å². The molecule has 0 spiro atoms. The maximum absolute atomic E-state index is 12.4. The zero-order chi connectivity index (χ0) is 21.8. The van der Waals surface area contributed by atoms with Crippen molar-refractivity contribution in [1.82, 2.24) is 0 Å².